The molecule has 0 atom stereocenters. The van der Waals surface area contributed by atoms with Gasteiger partial charge in [-0.2, -0.15) is 13.2 Å². The Morgan fingerprint density at radius 1 is 0.821 bits per heavy atom. The standard InChI is InChI=1S/C22H14F3NO2/c23-22(24,25)21(28)26-18-12-14-7-2-4-10-16(14)19(20(18)27)17-11-5-8-13-6-1-3-9-15(13)17/h1-12,27H,(H,26,28). The zero-order valence-corrected chi connectivity index (χ0v) is 14.4. The minimum atomic E-state index is -5.06. The summed E-state index contributed by atoms with van der Waals surface area (Å²) in [6, 6.07) is 21.4. The van der Waals surface area contributed by atoms with Crippen molar-refractivity contribution in [3.05, 3.63) is 72.8 Å². The lowest BCUT2D eigenvalue weighted by Gasteiger charge is -2.17. The highest BCUT2D eigenvalue weighted by Gasteiger charge is 2.39. The first-order valence-corrected chi connectivity index (χ1v) is 8.47. The van der Waals surface area contributed by atoms with Gasteiger partial charge in [0.2, 0.25) is 0 Å². The van der Waals surface area contributed by atoms with E-state index in [1.807, 2.05) is 36.4 Å². The van der Waals surface area contributed by atoms with E-state index in [-0.39, 0.29) is 5.69 Å². The van der Waals surface area contributed by atoms with Gasteiger partial charge in [0, 0.05) is 5.56 Å². The normalized spacial score (nSPS) is 11.7. The first-order valence-electron chi connectivity index (χ1n) is 8.47. The van der Waals surface area contributed by atoms with E-state index in [0.29, 0.717) is 21.9 Å². The lowest BCUT2D eigenvalue weighted by atomic mass is 9.92. The third-order valence-corrected chi connectivity index (χ3v) is 4.59. The van der Waals surface area contributed by atoms with Crippen molar-refractivity contribution in [3.63, 3.8) is 0 Å². The molecule has 0 bridgehead atoms. The predicted molar refractivity (Wildman–Crippen MR) is 103 cm³/mol. The summed E-state index contributed by atoms with van der Waals surface area (Å²) in [7, 11) is 0. The minimum Gasteiger partial charge on any atom is -0.505 e. The SMILES string of the molecule is O=C(Nc1cc2ccccc2c(-c2cccc3ccccc23)c1O)C(F)(F)F. The number of fused-ring (bicyclic) bond motifs is 2. The van der Waals surface area contributed by atoms with Crippen LogP contribution in [0.5, 0.6) is 5.75 Å². The monoisotopic (exact) mass is 381 g/mol. The van der Waals surface area contributed by atoms with Crippen LogP contribution < -0.4 is 5.32 Å². The summed E-state index contributed by atoms with van der Waals surface area (Å²) in [6.07, 6.45) is -5.06. The Morgan fingerprint density at radius 3 is 2.14 bits per heavy atom. The van der Waals surface area contributed by atoms with Crippen molar-refractivity contribution in [2.75, 3.05) is 5.32 Å². The van der Waals surface area contributed by atoms with E-state index in [9.17, 15) is 23.1 Å². The van der Waals surface area contributed by atoms with E-state index in [1.54, 1.807) is 35.6 Å². The van der Waals surface area contributed by atoms with Crippen LogP contribution in [-0.4, -0.2) is 17.2 Å². The van der Waals surface area contributed by atoms with Crippen LogP contribution in [0.4, 0.5) is 18.9 Å². The summed E-state index contributed by atoms with van der Waals surface area (Å²) in [5, 5.41) is 15.6. The average Bonchev–Trinajstić information content (AvgIpc) is 2.68. The highest BCUT2D eigenvalue weighted by Crippen LogP contribution is 2.44. The molecule has 4 rings (SSSR count). The van der Waals surface area contributed by atoms with E-state index in [2.05, 4.69) is 0 Å². The molecular formula is C22H14F3NO2. The molecule has 0 aliphatic rings. The Hall–Kier alpha value is -3.54. The van der Waals surface area contributed by atoms with Crippen molar-refractivity contribution in [2.45, 2.75) is 6.18 Å². The highest BCUT2D eigenvalue weighted by molar-refractivity contribution is 6.11. The van der Waals surface area contributed by atoms with E-state index in [4.69, 9.17) is 0 Å². The number of phenols is 1. The van der Waals surface area contributed by atoms with Gasteiger partial charge < -0.3 is 10.4 Å². The van der Waals surface area contributed by atoms with Crippen LogP contribution in [0.15, 0.2) is 72.8 Å². The second-order valence-electron chi connectivity index (χ2n) is 6.35. The fourth-order valence-corrected chi connectivity index (χ4v) is 3.34. The lowest BCUT2D eigenvalue weighted by Crippen LogP contribution is -2.29. The molecule has 4 aromatic carbocycles. The minimum absolute atomic E-state index is 0.288. The van der Waals surface area contributed by atoms with E-state index >= 15 is 0 Å². The second kappa shape index (κ2) is 6.56. The van der Waals surface area contributed by atoms with Crippen molar-refractivity contribution >= 4 is 33.1 Å². The number of alkyl halides is 3. The topological polar surface area (TPSA) is 49.3 Å². The molecule has 0 saturated carbocycles. The molecule has 3 nitrogen and oxygen atoms in total. The quantitative estimate of drug-likeness (QED) is 0.427. The maximum absolute atomic E-state index is 12.7. The molecule has 0 aromatic heterocycles. The van der Waals surface area contributed by atoms with E-state index in [1.165, 1.54) is 6.07 Å². The number of carbonyl (C=O) groups is 1. The molecule has 0 aliphatic heterocycles. The van der Waals surface area contributed by atoms with Crippen molar-refractivity contribution in [1.29, 1.82) is 0 Å². The first kappa shape index (κ1) is 17.9. The molecular weight excluding hydrogens is 367 g/mol. The number of benzene rings is 4. The van der Waals surface area contributed by atoms with Crippen LogP contribution in [0, 0.1) is 0 Å². The number of aromatic hydroxyl groups is 1. The van der Waals surface area contributed by atoms with Crippen molar-refractivity contribution < 1.29 is 23.1 Å². The highest BCUT2D eigenvalue weighted by atomic mass is 19.4. The third kappa shape index (κ3) is 3.03. The molecule has 2 N–H and O–H groups in total. The van der Waals surface area contributed by atoms with Crippen molar-refractivity contribution in [1.82, 2.24) is 0 Å². The maximum Gasteiger partial charge on any atom is 0.471 e. The number of halogens is 3. The summed E-state index contributed by atoms with van der Waals surface area (Å²) in [4.78, 5) is 11.4. The summed E-state index contributed by atoms with van der Waals surface area (Å²) < 4.78 is 38.2. The molecule has 0 aliphatic carbocycles. The van der Waals surface area contributed by atoms with Gasteiger partial charge in [0.05, 0.1) is 5.69 Å². The smallest absolute Gasteiger partial charge is 0.471 e. The van der Waals surface area contributed by atoms with Gasteiger partial charge in [0.1, 0.15) is 5.75 Å². The lowest BCUT2D eigenvalue weighted by molar-refractivity contribution is -0.167. The number of amides is 1. The number of nitrogens with one attached hydrogen (secondary N) is 1. The number of rotatable bonds is 2. The summed E-state index contributed by atoms with van der Waals surface area (Å²) >= 11 is 0. The molecule has 0 saturated heterocycles. The molecule has 1 amide bonds. The molecule has 140 valence electrons. The van der Waals surface area contributed by atoms with Gasteiger partial charge >= 0.3 is 12.1 Å². The maximum atomic E-state index is 12.7. The predicted octanol–water partition coefficient (Wildman–Crippen LogP) is 5.87. The molecule has 0 fully saturated rings. The Labute approximate surface area is 158 Å². The van der Waals surface area contributed by atoms with Gasteiger partial charge in [0.25, 0.3) is 0 Å². The third-order valence-electron chi connectivity index (χ3n) is 4.59. The fourth-order valence-electron chi connectivity index (χ4n) is 3.34. The Bertz CT molecular complexity index is 1210. The van der Waals surface area contributed by atoms with Gasteiger partial charge in [-0.1, -0.05) is 66.7 Å². The van der Waals surface area contributed by atoms with Gasteiger partial charge in [-0.05, 0) is 33.2 Å². The largest absolute Gasteiger partial charge is 0.505 e. The summed E-state index contributed by atoms with van der Waals surface area (Å²) in [6.45, 7) is 0. The van der Waals surface area contributed by atoms with Crippen LogP contribution in [0.25, 0.3) is 32.7 Å². The van der Waals surface area contributed by atoms with Crippen LogP contribution in [-0.2, 0) is 4.79 Å². The van der Waals surface area contributed by atoms with Gasteiger partial charge in [-0.3, -0.25) is 4.79 Å². The Kier molecular flexibility index (Phi) is 4.19. The Balaban J connectivity index is 2.02. The van der Waals surface area contributed by atoms with Gasteiger partial charge in [0.15, 0.2) is 0 Å². The molecule has 6 heteroatoms. The van der Waals surface area contributed by atoms with Crippen LogP contribution >= 0.6 is 0 Å². The van der Waals surface area contributed by atoms with Gasteiger partial charge in [-0.15, -0.1) is 0 Å². The van der Waals surface area contributed by atoms with E-state index in [0.717, 1.165) is 10.8 Å². The van der Waals surface area contributed by atoms with Gasteiger partial charge in [-0.25, -0.2) is 0 Å². The van der Waals surface area contributed by atoms with E-state index < -0.39 is 17.8 Å². The van der Waals surface area contributed by atoms with Crippen LogP contribution in [0.3, 0.4) is 0 Å². The fraction of sp³-hybridized carbons (Fsp3) is 0.0455. The number of carbonyl (C=O) groups excluding carboxylic acids is 1. The molecule has 0 spiro atoms. The zero-order valence-electron chi connectivity index (χ0n) is 14.4. The first-order chi connectivity index (χ1) is 13.4. The Morgan fingerprint density at radius 2 is 1.43 bits per heavy atom. The average molecular weight is 381 g/mol. The molecule has 0 heterocycles. The van der Waals surface area contributed by atoms with Crippen LogP contribution in [0.1, 0.15) is 0 Å². The molecule has 4 aromatic rings. The summed E-state index contributed by atoms with van der Waals surface area (Å²) in [5.74, 6) is -2.55. The number of anilines is 1. The van der Waals surface area contributed by atoms with Crippen molar-refractivity contribution in [2.24, 2.45) is 0 Å². The van der Waals surface area contributed by atoms with Crippen molar-refractivity contribution in [3.8, 4) is 16.9 Å². The number of hydrogen-bond donors (Lipinski definition) is 2. The number of phenolic OH excluding ortho intramolecular Hbond substituents is 1. The molecule has 0 radical (unpaired) electrons. The zero-order chi connectivity index (χ0) is 19.9. The summed E-state index contributed by atoms with van der Waals surface area (Å²) in [5.41, 5.74) is 0.742. The molecule has 0 unspecified atom stereocenters. The molecule has 28 heavy (non-hydrogen) atoms. The second-order valence-corrected chi connectivity index (χ2v) is 6.35. The van der Waals surface area contributed by atoms with Crippen LogP contribution in [0.2, 0.25) is 0 Å². The number of hydrogen-bond acceptors (Lipinski definition) is 2.